The van der Waals surface area contributed by atoms with Gasteiger partial charge in [-0.15, -0.1) is 0 Å². The number of nitrogens with one attached hydrogen (secondary N) is 1. The molecular weight excluding hydrogens is 294 g/mol. The first kappa shape index (κ1) is 14.6. The molecule has 0 fully saturated rings. The van der Waals surface area contributed by atoms with Crippen molar-refractivity contribution in [1.29, 1.82) is 0 Å². The number of aryl methyl sites for hydroxylation is 1. The number of nitrogens with zero attached hydrogens (tertiary/aromatic N) is 1. The molecule has 2 aromatic carbocycles. The molecule has 116 valence electrons. The SMILES string of the molecule is Cn1c(=O)c(C(=O)Nc2ccccc2)c(O)c2c(N)cccc21. The maximum absolute atomic E-state index is 12.4. The maximum atomic E-state index is 12.4. The van der Waals surface area contributed by atoms with Gasteiger partial charge in [-0.2, -0.15) is 0 Å². The first-order valence-corrected chi connectivity index (χ1v) is 6.97. The molecule has 0 aliphatic carbocycles. The first-order valence-electron chi connectivity index (χ1n) is 6.97. The number of anilines is 2. The summed E-state index contributed by atoms with van der Waals surface area (Å²) in [5.74, 6) is -1.09. The van der Waals surface area contributed by atoms with Crippen molar-refractivity contribution in [3.8, 4) is 5.75 Å². The van der Waals surface area contributed by atoms with E-state index in [4.69, 9.17) is 5.73 Å². The molecule has 0 aliphatic rings. The lowest BCUT2D eigenvalue weighted by Crippen LogP contribution is -2.28. The number of rotatable bonds is 2. The van der Waals surface area contributed by atoms with E-state index in [2.05, 4.69) is 5.32 Å². The van der Waals surface area contributed by atoms with Crippen LogP contribution >= 0.6 is 0 Å². The van der Waals surface area contributed by atoms with Crippen molar-refractivity contribution in [2.24, 2.45) is 7.05 Å². The topological polar surface area (TPSA) is 97.3 Å². The number of carbonyl (C=O) groups excluding carboxylic acids is 1. The molecule has 0 saturated carbocycles. The van der Waals surface area contributed by atoms with E-state index in [0.717, 1.165) is 0 Å². The van der Waals surface area contributed by atoms with Crippen molar-refractivity contribution < 1.29 is 9.90 Å². The number of hydrogen-bond donors (Lipinski definition) is 3. The molecule has 1 aromatic heterocycles. The van der Waals surface area contributed by atoms with Crippen LogP contribution in [-0.4, -0.2) is 15.6 Å². The summed E-state index contributed by atoms with van der Waals surface area (Å²) in [4.78, 5) is 24.9. The predicted octanol–water partition coefficient (Wildman–Crippen LogP) is 2.08. The van der Waals surface area contributed by atoms with E-state index in [1.807, 2.05) is 6.07 Å². The molecular formula is C17H15N3O3. The lowest BCUT2D eigenvalue weighted by atomic mass is 10.1. The van der Waals surface area contributed by atoms with Gasteiger partial charge in [-0.05, 0) is 24.3 Å². The van der Waals surface area contributed by atoms with Crippen molar-refractivity contribution >= 4 is 28.2 Å². The third-order valence-electron chi connectivity index (χ3n) is 3.69. The molecule has 0 atom stereocenters. The van der Waals surface area contributed by atoms with Gasteiger partial charge in [-0.25, -0.2) is 0 Å². The fraction of sp³-hybridized carbons (Fsp3) is 0.0588. The van der Waals surface area contributed by atoms with E-state index >= 15 is 0 Å². The van der Waals surface area contributed by atoms with Crippen LogP contribution in [0.25, 0.3) is 10.9 Å². The molecule has 3 aromatic rings. The molecule has 6 heteroatoms. The van der Waals surface area contributed by atoms with E-state index < -0.39 is 17.2 Å². The van der Waals surface area contributed by atoms with Gasteiger partial charge < -0.3 is 20.7 Å². The van der Waals surface area contributed by atoms with Gasteiger partial charge in [0.1, 0.15) is 11.3 Å². The van der Waals surface area contributed by atoms with Crippen molar-refractivity contribution in [3.05, 3.63) is 64.4 Å². The van der Waals surface area contributed by atoms with Gasteiger partial charge in [0.15, 0.2) is 0 Å². The Morgan fingerprint density at radius 1 is 1.13 bits per heavy atom. The standard InChI is InChI=1S/C17H15N3O3/c1-20-12-9-5-8-11(18)13(12)15(21)14(17(20)23)16(22)19-10-6-3-2-4-7-10/h2-9,21H,18H2,1H3,(H,19,22). The quantitative estimate of drug-likeness (QED) is 0.631. The van der Waals surface area contributed by atoms with Crippen LogP contribution in [-0.2, 0) is 7.05 Å². The zero-order valence-corrected chi connectivity index (χ0v) is 12.4. The average Bonchev–Trinajstić information content (AvgIpc) is 2.53. The highest BCUT2D eigenvalue weighted by Crippen LogP contribution is 2.31. The lowest BCUT2D eigenvalue weighted by Gasteiger charge is -2.13. The minimum atomic E-state index is -0.681. The Bertz CT molecular complexity index is 962. The van der Waals surface area contributed by atoms with Crippen LogP contribution in [0.4, 0.5) is 11.4 Å². The number of aromatic nitrogens is 1. The van der Waals surface area contributed by atoms with E-state index in [0.29, 0.717) is 16.9 Å². The fourth-order valence-corrected chi connectivity index (χ4v) is 2.52. The van der Waals surface area contributed by atoms with E-state index in [-0.39, 0.29) is 10.9 Å². The molecule has 23 heavy (non-hydrogen) atoms. The van der Waals surface area contributed by atoms with E-state index in [9.17, 15) is 14.7 Å². The Morgan fingerprint density at radius 2 is 1.83 bits per heavy atom. The molecule has 6 nitrogen and oxygen atoms in total. The summed E-state index contributed by atoms with van der Waals surface area (Å²) in [5, 5.41) is 13.3. The summed E-state index contributed by atoms with van der Waals surface area (Å²) in [5.41, 5.74) is 6.26. The smallest absolute Gasteiger partial charge is 0.267 e. The summed E-state index contributed by atoms with van der Waals surface area (Å²) in [6.45, 7) is 0. The minimum Gasteiger partial charge on any atom is -0.506 e. The zero-order chi connectivity index (χ0) is 16.6. The van der Waals surface area contributed by atoms with Crippen molar-refractivity contribution in [2.45, 2.75) is 0 Å². The second-order valence-corrected chi connectivity index (χ2v) is 5.15. The Balaban J connectivity index is 2.20. The molecule has 0 aliphatic heterocycles. The number of fused-ring (bicyclic) bond motifs is 1. The number of benzene rings is 2. The molecule has 0 saturated heterocycles. The highest BCUT2D eigenvalue weighted by Gasteiger charge is 2.22. The van der Waals surface area contributed by atoms with Crippen LogP contribution in [0, 0.1) is 0 Å². The Hall–Kier alpha value is -3.28. The van der Waals surface area contributed by atoms with Crippen molar-refractivity contribution in [1.82, 2.24) is 4.57 Å². The molecule has 0 radical (unpaired) electrons. The number of hydrogen-bond acceptors (Lipinski definition) is 4. The van der Waals surface area contributed by atoms with E-state index in [1.54, 1.807) is 42.5 Å². The number of nitrogens with two attached hydrogens (primary N) is 1. The Morgan fingerprint density at radius 3 is 2.52 bits per heavy atom. The monoisotopic (exact) mass is 309 g/mol. The normalized spacial score (nSPS) is 10.7. The second kappa shape index (κ2) is 5.49. The number of para-hydroxylation sites is 1. The van der Waals surface area contributed by atoms with Gasteiger partial charge in [0.2, 0.25) is 0 Å². The number of amides is 1. The maximum Gasteiger partial charge on any atom is 0.267 e. The average molecular weight is 309 g/mol. The van der Waals surface area contributed by atoms with Crippen LogP contribution in [0.1, 0.15) is 10.4 Å². The molecule has 0 spiro atoms. The van der Waals surface area contributed by atoms with Crippen molar-refractivity contribution in [3.63, 3.8) is 0 Å². The summed E-state index contributed by atoms with van der Waals surface area (Å²) >= 11 is 0. The van der Waals surface area contributed by atoms with Crippen LogP contribution < -0.4 is 16.6 Å². The molecule has 3 rings (SSSR count). The van der Waals surface area contributed by atoms with Crippen LogP contribution in [0.15, 0.2) is 53.3 Å². The van der Waals surface area contributed by atoms with Gasteiger partial charge in [0, 0.05) is 18.4 Å². The largest absolute Gasteiger partial charge is 0.506 e. The summed E-state index contributed by atoms with van der Waals surface area (Å²) in [7, 11) is 1.53. The van der Waals surface area contributed by atoms with Gasteiger partial charge in [0.25, 0.3) is 11.5 Å². The third-order valence-corrected chi connectivity index (χ3v) is 3.69. The first-order chi connectivity index (χ1) is 11.0. The fourth-order valence-electron chi connectivity index (χ4n) is 2.52. The summed E-state index contributed by atoms with van der Waals surface area (Å²) in [6, 6.07) is 13.6. The predicted molar refractivity (Wildman–Crippen MR) is 89.7 cm³/mol. The zero-order valence-electron chi connectivity index (χ0n) is 12.4. The Labute approximate surface area is 131 Å². The highest BCUT2D eigenvalue weighted by atomic mass is 16.3. The van der Waals surface area contributed by atoms with Crippen LogP contribution in [0.2, 0.25) is 0 Å². The minimum absolute atomic E-state index is 0.285. The molecule has 1 heterocycles. The lowest BCUT2D eigenvalue weighted by molar-refractivity contribution is 0.102. The van der Waals surface area contributed by atoms with Crippen molar-refractivity contribution in [2.75, 3.05) is 11.1 Å². The van der Waals surface area contributed by atoms with Gasteiger partial charge in [-0.3, -0.25) is 9.59 Å². The number of carbonyl (C=O) groups is 1. The van der Waals surface area contributed by atoms with Gasteiger partial charge in [-0.1, -0.05) is 24.3 Å². The highest BCUT2D eigenvalue weighted by molar-refractivity contribution is 6.10. The number of aromatic hydroxyl groups is 1. The molecule has 4 N–H and O–H groups in total. The molecule has 0 unspecified atom stereocenters. The van der Waals surface area contributed by atoms with Gasteiger partial charge in [0.05, 0.1) is 10.9 Å². The van der Waals surface area contributed by atoms with Gasteiger partial charge >= 0.3 is 0 Å². The summed E-state index contributed by atoms with van der Waals surface area (Å²) in [6.07, 6.45) is 0. The number of pyridine rings is 1. The summed E-state index contributed by atoms with van der Waals surface area (Å²) < 4.78 is 1.30. The second-order valence-electron chi connectivity index (χ2n) is 5.15. The van der Waals surface area contributed by atoms with Crippen LogP contribution in [0.3, 0.4) is 0 Å². The molecule has 1 amide bonds. The van der Waals surface area contributed by atoms with Crippen LogP contribution in [0.5, 0.6) is 5.75 Å². The third kappa shape index (κ3) is 2.40. The Kier molecular flexibility index (Phi) is 3.50. The van der Waals surface area contributed by atoms with E-state index in [1.165, 1.54) is 11.6 Å². The molecule has 0 bridgehead atoms. The number of nitrogen functional groups attached to an aromatic ring is 1.